The number of halogens is 1. The second-order valence-corrected chi connectivity index (χ2v) is 6.54. The molecule has 0 saturated heterocycles. The average molecular weight is 420 g/mol. The molecule has 8 nitrogen and oxygen atoms in total. The molecule has 0 atom stereocenters. The molecular formula is C21H27FN4O4. The van der Waals surface area contributed by atoms with Crippen LogP contribution < -0.4 is 16.2 Å². The van der Waals surface area contributed by atoms with E-state index in [1.807, 2.05) is 30.3 Å². The van der Waals surface area contributed by atoms with Gasteiger partial charge in [0.25, 0.3) is 7.36 Å². The fraction of sp³-hybridized carbons (Fsp3) is 0.286. The number of carbonyl (C=O) groups is 2. The van der Waals surface area contributed by atoms with E-state index < -0.39 is 5.97 Å². The molecule has 1 aliphatic rings. The van der Waals surface area contributed by atoms with E-state index in [1.165, 1.54) is 4.90 Å². The van der Waals surface area contributed by atoms with E-state index in [2.05, 4.69) is 6.44 Å². The lowest BCUT2D eigenvalue weighted by molar-refractivity contribution is -0.137. The van der Waals surface area contributed by atoms with Crippen LogP contribution in [0, 0.1) is 0 Å². The predicted octanol–water partition coefficient (Wildman–Crippen LogP) is 1.91. The number of rotatable bonds is 7. The van der Waals surface area contributed by atoms with Crippen LogP contribution in [0.1, 0.15) is 34.5 Å². The maximum absolute atomic E-state index is 12.4. The molecule has 0 radical (unpaired) electrons. The van der Waals surface area contributed by atoms with Gasteiger partial charge in [-0.2, -0.15) is 0 Å². The van der Waals surface area contributed by atoms with Crippen LogP contribution in [-0.4, -0.2) is 42.4 Å². The van der Waals surface area contributed by atoms with Crippen molar-refractivity contribution in [2.24, 2.45) is 16.5 Å². The molecule has 9 heteroatoms. The summed E-state index contributed by atoms with van der Waals surface area (Å²) < 4.78 is 18.8. The molecule has 5 N–H and O–H groups in total. The lowest BCUT2D eigenvalue weighted by Gasteiger charge is -2.27. The Hall–Kier alpha value is -3.62. The van der Waals surface area contributed by atoms with Gasteiger partial charge in [-0.3, -0.25) is 14.3 Å². The SMILES string of the molecule is C.NC(N)=NCc1ccc(COc2ccc3c(c2)CCN(CC(=O)O)C3=O)cc1.[3H]F. The summed E-state index contributed by atoms with van der Waals surface area (Å²) in [5.74, 6) is -0.542. The molecule has 0 aliphatic carbocycles. The van der Waals surface area contributed by atoms with Gasteiger partial charge in [0.2, 0.25) is 0 Å². The van der Waals surface area contributed by atoms with E-state index in [1.54, 1.807) is 12.1 Å². The number of nitrogens with zero attached hydrogens (tertiary/aromatic N) is 2. The van der Waals surface area contributed by atoms with Crippen LogP contribution in [0.4, 0.5) is 4.72 Å². The molecule has 162 valence electrons. The Balaban J connectivity index is 0.00000156. The van der Waals surface area contributed by atoms with Crippen LogP contribution >= 0.6 is 0 Å². The highest BCUT2D eigenvalue weighted by atomic mass is 19.0. The van der Waals surface area contributed by atoms with Crippen LogP contribution in [0.15, 0.2) is 47.5 Å². The number of ether oxygens (including phenoxy) is 1. The van der Waals surface area contributed by atoms with E-state index in [9.17, 15) is 9.59 Å². The highest BCUT2D eigenvalue weighted by Gasteiger charge is 2.26. The summed E-state index contributed by atoms with van der Waals surface area (Å²) in [6, 6.07) is 13.0. The summed E-state index contributed by atoms with van der Waals surface area (Å²) in [5, 5.41) is 8.89. The first-order chi connectivity index (χ1) is 14.4. The van der Waals surface area contributed by atoms with Crippen LogP contribution in [-0.2, 0) is 24.4 Å². The number of hydrogen-bond donors (Lipinski definition) is 3. The minimum atomic E-state index is -1.01. The van der Waals surface area contributed by atoms with Crippen LogP contribution in [0.2, 0.25) is 0 Å². The number of aliphatic imine (C=N–C) groups is 1. The molecular weight excluding hydrogens is 391 g/mol. The van der Waals surface area contributed by atoms with E-state index >= 15 is 0 Å². The van der Waals surface area contributed by atoms with Crippen molar-refractivity contribution in [3.05, 3.63) is 64.7 Å². The Morgan fingerprint density at radius 2 is 1.87 bits per heavy atom. The van der Waals surface area contributed by atoms with Gasteiger partial charge in [-0.05, 0) is 41.3 Å². The van der Waals surface area contributed by atoms with Gasteiger partial charge in [-0.1, -0.05) is 31.7 Å². The van der Waals surface area contributed by atoms with Crippen molar-refractivity contribution in [3.63, 3.8) is 0 Å². The molecule has 0 spiro atoms. The van der Waals surface area contributed by atoms with E-state index in [0.717, 1.165) is 16.7 Å². The number of aliphatic carboxylic acids is 1. The predicted molar refractivity (Wildman–Crippen MR) is 113 cm³/mol. The summed E-state index contributed by atoms with van der Waals surface area (Å²) in [5.41, 5.74) is 14.0. The molecule has 2 aromatic rings. The van der Waals surface area contributed by atoms with Gasteiger partial charge in [-0.15, -0.1) is 0 Å². The third-order valence-corrected chi connectivity index (χ3v) is 4.44. The van der Waals surface area contributed by atoms with Crippen molar-refractivity contribution in [1.82, 2.24) is 4.90 Å². The lowest BCUT2D eigenvalue weighted by atomic mass is 9.98. The summed E-state index contributed by atoms with van der Waals surface area (Å²) in [6.45, 7) is 0.927. The Bertz CT molecular complexity index is 918. The van der Waals surface area contributed by atoms with Gasteiger partial charge < -0.3 is 26.2 Å². The third-order valence-electron chi connectivity index (χ3n) is 4.44. The fourth-order valence-electron chi connectivity index (χ4n) is 3.01. The molecule has 2 aromatic carbocycles. The van der Waals surface area contributed by atoms with Crippen LogP contribution in [0.25, 0.3) is 0 Å². The molecule has 1 heterocycles. The maximum atomic E-state index is 12.4. The number of carbonyl (C=O) groups excluding carboxylic acids is 1. The molecule has 0 unspecified atom stereocenters. The number of nitrogens with two attached hydrogens (primary N) is 2. The number of fused-ring (bicyclic) bond motifs is 1. The quantitative estimate of drug-likeness (QED) is 0.463. The highest BCUT2D eigenvalue weighted by Crippen LogP contribution is 2.24. The number of carboxylic acid groups (broad SMARTS) is 1. The molecule has 0 bridgehead atoms. The molecule has 30 heavy (non-hydrogen) atoms. The van der Waals surface area contributed by atoms with Crippen molar-refractivity contribution in [3.8, 4) is 5.75 Å². The molecule has 0 saturated carbocycles. The van der Waals surface area contributed by atoms with Crippen molar-refractivity contribution in [2.75, 3.05) is 13.1 Å². The molecule has 0 fully saturated rings. The van der Waals surface area contributed by atoms with E-state index in [0.29, 0.717) is 37.4 Å². The smallest absolute Gasteiger partial charge is 0.323 e. The largest absolute Gasteiger partial charge is 0.489 e. The van der Waals surface area contributed by atoms with Gasteiger partial charge >= 0.3 is 5.97 Å². The average Bonchev–Trinajstić information content (AvgIpc) is 2.74. The Kier molecular flexibility index (Phi) is 8.16. The van der Waals surface area contributed by atoms with E-state index in [4.69, 9.17) is 26.0 Å². The first-order valence-electron chi connectivity index (χ1n) is 9.20. The van der Waals surface area contributed by atoms with Gasteiger partial charge in [0.1, 0.15) is 18.9 Å². The zero-order valence-corrected chi connectivity index (χ0v) is 15.7. The van der Waals surface area contributed by atoms with E-state index in [-0.39, 0.29) is 25.8 Å². The van der Waals surface area contributed by atoms with Crippen LogP contribution in [0.5, 0.6) is 5.75 Å². The summed E-state index contributed by atoms with van der Waals surface area (Å²) in [4.78, 5) is 28.5. The highest BCUT2D eigenvalue weighted by molar-refractivity contribution is 5.98. The van der Waals surface area contributed by atoms with Crippen LogP contribution in [0.3, 0.4) is 0 Å². The van der Waals surface area contributed by atoms with Crippen molar-refractivity contribution in [2.45, 2.75) is 27.0 Å². The molecule has 0 aromatic heterocycles. The lowest BCUT2D eigenvalue weighted by Crippen LogP contribution is -2.40. The monoisotopic (exact) mass is 420 g/mol. The topological polar surface area (TPSA) is 131 Å². The first kappa shape index (κ1) is 22.7. The van der Waals surface area contributed by atoms with Crippen molar-refractivity contribution < 1.29 is 24.1 Å². The fourth-order valence-corrected chi connectivity index (χ4v) is 3.01. The number of amides is 1. The second kappa shape index (κ2) is 10.8. The Morgan fingerprint density at radius 1 is 1.20 bits per heavy atom. The number of benzene rings is 2. The standard InChI is InChI=1S/C20H22N4O4.CH4.FH/c21-20(22)23-10-13-1-3-14(4-2-13)12-28-16-5-6-17-15(9-16)7-8-24(19(17)27)11-18(25)26;;/h1-6,9H,7-8,10-12H2,(H,25,26)(H4,21,22,23);1H4;1H/i/hT. The van der Waals surface area contributed by atoms with Gasteiger partial charge in [-0.25, -0.2) is 4.99 Å². The first-order valence-corrected chi connectivity index (χ1v) is 8.82. The summed E-state index contributed by atoms with van der Waals surface area (Å²) >= 11 is 0. The molecule has 1 aliphatic heterocycles. The number of guanidine groups is 1. The zero-order valence-electron chi connectivity index (χ0n) is 16.7. The zero-order chi connectivity index (χ0) is 22.1. The van der Waals surface area contributed by atoms with Gasteiger partial charge in [0.05, 0.1) is 6.54 Å². The van der Waals surface area contributed by atoms with Crippen molar-refractivity contribution in [1.29, 1.82) is 1.45 Å². The normalized spacial score (nSPS) is 12.4. The summed E-state index contributed by atoms with van der Waals surface area (Å²) in [7, 11) is 0. The summed E-state index contributed by atoms with van der Waals surface area (Å²) in [6.07, 6.45) is 0.602. The molecule has 3 rings (SSSR count). The van der Waals surface area contributed by atoms with Gasteiger partial charge in [0.15, 0.2) is 5.96 Å². The number of hydrogen-bond acceptors (Lipinski definition) is 4. The molecule has 1 amide bonds. The Morgan fingerprint density at radius 3 is 2.50 bits per heavy atom. The second-order valence-electron chi connectivity index (χ2n) is 6.54. The minimum absolute atomic E-state index is 0. The number of carboxylic acids is 1. The third kappa shape index (κ3) is 6.20. The Labute approximate surface area is 176 Å². The maximum Gasteiger partial charge on any atom is 0.323 e. The van der Waals surface area contributed by atoms with Gasteiger partial charge in [0, 0.05) is 12.1 Å². The van der Waals surface area contributed by atoms with Crippen molar-refractivity contribution >= 4 is 17.8 Å². The minimum Gasteiger partial charge on any atom is -0.489 e.